The minimum atomic E-state index is -0.292. The molecule has 1 aromatic heterocycles. The average Bonchev–Trinajstić information content (AvgIpc) is 2.47. The first-order valence-electron chi connectivity index (χ1n) is 6.77. The predicted molar refractivity (Wildman–Crippen MR) is 79.0 cm³/mol. The molecule has 0 saturated carbocycles. The summed E-state index contributed by atoms with van der Waals surface area (Å²) in [5.74, 6) is 2.39. The van der Waals surface area contributed by atoms with Crippen molar-refractivity contribution in [3.63, 3.8) is 0 Å². The third-order valence-corrected chi connectivity index (χ3v) is 3.57. The van der Waals surface area contributed by atoms with Crippen LogP contribution in [0.5, 0.6) is 0 Å². The molecule has 1 N–H and O–H groups in total. The number of anilines is 1. The van der Waals surface area contributed by atoms with E-state index >= 15 is 0 Å². The molecule has 0 amide bonds. The van der Waals surface area contributed by atoms with Gasteiger partial charge in [-0.05, 0) is 25.7 Å². The van der Waals surface area contributed by atoms with Gasteiger partial charge in [0.2, 0.25) is 0 Å². The molecule has 2 rings (SSSR count). The number of nitrogens with zero attached hydrogens (tertiary/aromatic N) is 2. The number of rotatable bonds is 5. The lowest BCUT2D eigenvalue weighted by atomic mass is 10.1. The standard InChI is InChI=1S/C14H18ClN3O2/c1-2-8-18-14(19)13(12(15)10-17-18)16-7-6-11-5-3-4-9-20-11/h1,10-11,16H,3-9H2. The second-order valence-corrected chi connectivity index (χ2v) is 5.15. The van der Waals surface area contributed by atoms with E-state index in [4.69, 9.17) is 22.8 Å². The zero-order valence-corrected chi connectivity index (χ0v) is 12.0. The molecule has 5 nitrogen and oxygen atoms in total. The van der Waals surface area contributed by atoms with Crippen molar-refractivity contribution in [2.24, 2.45) is 0 Å². The van der Waals surface area contributed by atoms with Crippen LogP contribution in [0.4, 0.5) is 5.69 Å². The van der Waals surface area contributed by atoms with Crippen LogP contribution >= 0.6 is 11.6 Å². The Kier molecular flexibility index (Phi) is 5.45. The first-order valence-corrected chi connectivity index (χ1v) is 7.14. The minimum Gasteiger partial charge on any atom is -0.379 e. The molecule has 0 radical (unpaired) electrons. The quantitative estimate of drug-likeness (QED) is 0.843. The largest absolute Gasteiger partial charge is 0.379 e. The second-order valence-electron chi connectivity index (χ2n) is 4.74. The maximum Gasteiger partial charge on any atom is 0.292 e. The van der Waals surface area contributed by atoms with Crippen molar-refractivity contribution in [1.82, 2.24) is 9.78 Å². The highest BCUT2D eigenvalue weighted by Gasteiger charge is 2.14. The van der Waals surface area contributed by atoms with Gasteiger partial charge in [-0.25, -0.2) is 4.68 Å². The Morgan fingerprint density at radius 2 is 2.45 bits per heavy atom. The fraction of sp³-hybridized carbons (Fsp3) is 0.571. The van der Waals surface area contributed by atoms with E-state index in [0.29, 0.717) is 17.3 Å². The van der Waals surface area contributed by atoms with Crippen LogP contribution < -0.4 is 10.9 Å². The van der Waals surface area contributed by atoms with Gasteiger partial charge in [-0.3, -0.25) is 4.79 Å². The van der Waals surface area contributed by atoms with E-state index in [1.807, 2.05) is 0 Å². The Balaban J connectivity index is 1.96. The Hall–Kier alpha value is -1.51. The Labute approximate surface area is 123 Å². The number of hydrogen-bond acceptors (Lipinski definition) is 4. The molecule has 0 spiro atoms. The van der Waals surface area contributed by atoms with Gasteiger partial charge in [0.15, 0.2) is 0 Å². The van der Waals surface area contributed by atoms with Gasteiger partial charge >= 0.3 is 0 Å². The number of hydrogen-bond donors (Lipinski definition) is 1. The van der Waals surface area contributed by atoms with Gasteiger partial charge in [-0.2, -0.15) is 5.10 Å². The number of nitrogens with one attached hydrogen (secondary N) is 1. The van der Waals surface area contributed by atoms with Gasteiger partial charge in [0, 0.05) is 13.2 Å². The molecular formula is C14H18ClN3O2. The van der Waals surface area contributed by atoms with Gasteiger partial charge in [-0.1, -0.05) is 17.5 Å². The van der Waals surface area contributed by atoms with Crippen LogP contribution in [0.2, 0.25) is 5.02 Å². The van der Waals surface area contributed by atoms with Gasteiger partial charge in [0.05, 0.1) is 17.3 Å². The lowest BCUT2D eigenvalue weighted by Crippen LogP contribution is -2.27. The Morgan fingerprint density at radius 1 is 1.60 bits per heavy atom. The van der Waals surface area contributed by atoms with Gasteiger partial charge in [0.25, 0.3) is 5.56 Å². The molecule has 108 valence electrons. The molecule has 0 aromatic carbocycles. The summed E-state index contributed by atoms with van der Waals surface area (Å²) in [5.41, 5.74) is 0.0627. The smallest absolute Gasteiger partial charge is 0.292 e. The third kappa shape index (κ3) is 3.75. The van der Waals surface area contributed by atoms with Crippen LogP contribution in [0.1, 0.15) is 25.7 Å². The molecule has 1 aliphatic rings. The van der Waals surface area contributed by atoms with Crippen molar-refractivity contribution in [3.05, 3.63) is 21.6 Å². The summed E-state index contributed by atoms with van der Waals surface area (Å²) < 4.78 is 6.86. The molecule has 0 bridgehead atoms. The van der Waals surface area contributed by atoms with Crippen molar-refractivity contribution in [2.45, 2.75) is 38.3 Å². The zero-order chi connectivity index (χ0) is 14.4. The molecule has 1 aliphatic heterocycles. The van der Waals surface area contributed by atoms with Crippen LogP contribution in [0, 0.1) is 12.3 Å². The van der Waals surface area contributed by atoms with Crippen LogP contribution in [-0.2, 0) is 11.3 Å². The van der Waals surface area contributed by atoms with E-state index in [0.717, 1.165) is 25.9 Å². The fourth-order valence-corrected chi connectivity index (χ4v) is 2.41. The van der Waals surface area contributed by atoms with E-state index in [1.165, 1.54) is 17.3 Å². The van der Waals surface area contributed by atoms with Crippen molar-refractivity contribution >= 4 is 17.3 Å². The molecule has 1 aromatic rings. The van der Waals surface area contributed by atoms with Gasteiger partial charge < -0.3 is 10.1 Å². The van der Waals surface area contributed by atoms with E-state index in [9.17, 15) is 4.79 Å². The zero-order valence-electron chi connectivity index (χ0n) is 11.3. The van der Waals surface area contributed by atoms with Crippen molar-refractivity contribution < 1.29 is 4.74 Å². The number of terminal acetylenes is 1. The van der Waals surface area contributed by atoms with Crippen LogP contribution in [0.15, 0.2) is 11.0 Å². The molecule has 2 heterocycles. The third-order valence-electron chi connectivity index (χ3n) is 3.28. The predicted octanol–water partition coefficient (Wildman–Crippen LogP) is 1.90. The van der Waals surface area contributed by atoms with Gasteiger partial charge in [0.1, 0.15) is 12.2 Å². The van der Waals surface area contributed by atoms with Crippen LogP contribution in [0.25, 0.3) is 0 Å². The van der Waals surface area contributed by atoms with E-state index in [2.05, 4.69) is 16.3 Å². The van der Waals surface area contributed by atoms with Crippen LogP contribution in [-0.4, -0.2) is 29.0 Å². The summed E-state index contributed by atoms with van der Waals surface area (Å²) in [7, 11) is 0. The maximum atomic E-state index is 12.1. The highest BCUT2D eigenvalue weighted by molar-refractivity contribution is 6.32. The summed E-state index contributed by atoms with van der Waals surface area (Å²) in [6, 6.07) is 0. The molecule has 1 saturated heterocycles. The van der Waals surface area contributed by atoms with Crippen LogP contribution in [0.3, 0.4) is 0 Å². The highest BCUT2D eigenvalue weighted by atomic mass is 35.5. The molecule has 6 heteroatoms. The summed E-state index contributed by atoms with van der Waals surface area (Å²) in [6.07, 6.45) is 11.2. The van der Waals surface area contributed by atoms with Gasteiger partial charge in [-0.15, -0.1) is 6.42 Å². The van der Waals surface area contributed by atoms with Crippen molar-refractivity contribution in [3.8, 4) is 12.3 Å². The lowest BCUT2D eigenvalue weighted by molar-refractivity contribution is 0.0134. The first-order chi connectivity index (χ1) is 9.72. The fourth-order valence-electron chi connectivity index (χ4n) is 2.22. The maximum absolute atomic E-state index is 12.1. The highest BCUT2D eigenvalue weighted by Crippen LogP contribution is 2.18. The summed E-state index contributed by atoms with van der Waals surface area (Å²) in [6.45, 7) is 1.60. The summed E-state index contributed by atoms with van der Waals surface area (Å²) >= 11 is 6.00. The summed E-state index contributed by atoms with van der Waals surface area (Å²) in [5, 5.41) is 7.28. The van der Waals surface area contributed by atoms with Crippen molar-refractivity contribution in [1.29, 1.82) is 0 Å². The molecule has 1 unspecified atom stereocenters. The van der Waals surface area contributed by atoms with E-state index < -0.39 is 0 Å². The number of ether oxygens (including phenoxy) is 1. The topological polar surface area (TPSA) is 56.1 Å². The normalized spacial score (nSPS) is 18.5. The molecular weight excluding hydrogens is 278 g/mol. The minimum absolute atomic E-state index is 0.135. The molecule has 1 atom stereocenters. The lowest BCUT2D eigenvalue weighted by Gasteiger charge is -2.22. The van der Waals surface area contributed by atoms with E-state index in [1.54, 1.807) is 0 Å². The molecule has 1 fully saturated rings. The Bertz CT molecular complexity index is 544. The molecule has 0 aliphatic carbocycles. The van der Waals surface area contributed by atoms with E-state index in [-0.39, 0.29) is 18.2 Å². The first kappa shape index (κ1) is 14.9. The Morgan fingerprint density at radius 3 is 3.15 bits per heavy atom. The second kappa shape index (κ2) is 7.32. The summed E-state index contributed by atoms with van der Waals surface area (Å²) in [4.78, 5) is 12.1. The number of halogens is 1. The monoisotopic (exact) mass is 295 g/mol. The number of aromatic nitrogens is 2. The molecule has 20 heavy (non-hydrogen) atoms. The van der Waals surface area contributed by atoms with Crippen molar-refractivity contribution in [2.75, 3.05) is 18.5 Å². The average molecular weight is 296 g/mol. The SMILES string of the molecule is C#CCn1ncc(Cl)c(NCCC2CCCCO2)c1=O.